The number of nitrogens with zero attached hydrogens (tertiary/aromatic N) is 4. The maximum Gasteiger partial charge on any atom is 0.416 e. The lowest BCUT2D eigenvalue weighted by molar-refractivity contribution is -0.137. The number of carbonyl (C=O) groups is 1. The molecule has 1 heterocycles. The van der Waals surface area contributed by atoms with Gasteiger partial charge in [-0.3, -0.25) is 9.59 Å². The first-order chi connectivity index (χ1) is 18.7. The Bertz CT molecular complexity index is 1850. The Balaban J connectivity index is 1.55. The number of nitrogens with one attached hydrogen (secondary N) is 1. The number of hydrazone groups is 1. The summed E-state index contributed by atoms with van der Waals surface area (Å²) in [6, 6.07) is 23.1. The van der Waals surface area contributed by atoms with Gasteiger partial charge in [0.25, 0.3) is 11.5 Å². The van der Waals surface area contributed by atoms with Gasteiger partial charge in [-0.05, 0) is 52.7 Å². The van der Waals surface area contributed by atoms with Crippen molar-refractivity contribution in [2.24, 2.45) is 5.10 Å². The molecule has 7 nitrogen and oxygen atoms in total. The number of carbonyl (C=O) groups excluding carboxylic acids is 1. The maximum absolute atomic E-state index is 13.2. The van der Waals surface area contributed by atoms with Crippen LogP contribution in [0.2, 0.25) is 0 Å². The smallest absolute Gasteiger partial charge is 0.266 e. The van der Waals surface area contributed by atoms with E-state index in [2.05, 4.69) is 15.6 Å². The number of amides is 1. The number of aromatic nitrogens is 2. The van der Waals surface area contributed by atoms with Crippen LogP contribution in [0.5, 0.6) is 0 Å². The van der Waals surface area contributed by atoms with Crippen LogP contribution in [-0.2, 0) is 6.18 Å². The Kier molecular flexibility index (Phi) is 6.42. The quantitative estimate of drug-likeness (QED) is 0.190. The van der Waals surface area contributed by atoms with Crippen LogP contribution in [0.25, 0.3) is 27.2 Å². The van der Waals surface area contributed by atoms with Crippen molar-refractivity contribution >= 4 is 33.7 Å². The van der Waals surface area contributed by atoms with Gasteiger partial charge in [0.15, 0.2) is 5.69 Å². The van der Waals surface area contributed by atoms with Crippen LogP contribution in [-0.4, -0.2) is 21.9 Å². The van der Waals surface area contributed by atoms with E-state index < -0.39 is 28.8 Å². The Hall–Kier alpha value is -5.30. The number of fused-ring (bicyclic) bond motifs is 2. The summed E-state index contributed by atoms with van der Waals surface area (Å²) in [4.78, 5) is 25.9. The summed E-state index contributed by atoms with van der Waals surface area (Å²) in [6.45, 7) is 1.36. The number of hydrogen-bond donors (Lipinski definition) is 1. The van der Waals surface area contributed by atoms with E-state index in [0.717, 1.165) is 45.3 Å². The fraction of sp³-hybridized carbons (Fsp3) is 0.0690. The van der Waals surface area contributed by atoms with Gasteiger partial charge in [-0.15, -0.1) is 0 Å². The lowest BCUT2D eigenvalue weighted by atomic mass is 9.97. The summed E-state index contributed by atoms with van der Waals surface area (Å²) in [5, 5.41) is 21.4. The van der Waals surface area contributed by atoms with E-state index in [1.54, 1.807) is 6.07 Å². The third-order valence-corrected chi connectivity index (χ3v) is 6.25. The second-order valence-corrected chi connectivity index (χ2v) is 8.66. The molecule has 4 aromatic carbocycles. The molecule has 0 fully saturated rings. The van der Waals surface area contributed by atoms with E-state index in [4.69, 9.17) is 0 Å². The number of alkyl halides is 3. The van der Waals surface area contributed by atoms with E-state index in [1.807, 2.05) is 54.6 Å². The molecular weight excluding hydrogens is 507 g/mol. The molecule has 39 heavy (non-hydrogen) atoms. The lowest BCUT2D eigenvalue weighted by Gasteiger charge is -2.12. The number of hydrogen-bond acceptors (Lipinski definition) is 5. The fourth-order valence-electron chi connectivity index (χ4n) is 4.34. The summed E-state index contributed by atoms with van der Waals surface area (Å²) in [5.41, 5.74) is 0.160. The second kappa shape index (κ2) is 9.87. The molecule has 10 heteroatoms. The molecule has 0 saturated carbocycles. The molecule has 1 amide bonds. The number of benzene rings is 4. The predicted octanol–water partition coefficient (Wildman–Crippen LogP) is 5.50. The topological polar surface area (TPSA) is 100 Å². The van der Waals surface area contributed by atoms with Crippen molar-refractivity contribution in [2.75, 3.05) is 0 Å². The van der Waals surface area contributed by atoms with E-state index in [-0.39, 0.29) is 16.9 Å². The minimum Gasteiger partial charge on any atom is -0.266 e. The highest BCUT2D eigenvalue weighted by Crippen LogP contribution is 2.30. The van der Waals surface area contributed by atoms with E-state index >= 15 is 0 Å². The highest BCUT2D eigenvalue weighted by molar-refractivity contribution is 6.13. The number of halogens is 3. The van der Waals surface area contributed by atoms with Gasteiger partial charge >= 0.3 is 6.18 Å². The van der Waals surface area contributed by atoms with Gasteiger partial charge in [-0.25, -0.2) is 5.43 Å². The molecule has 0 saturated heterocycles. The van der Waals surface area contributed by atoms with Crippen LogP contribution in [0, 0.1) is 18.3 Å². The molecule has 5 aromatic rings. The van der Waals surface area contributed by atoms with Crippen LogP contribution < -0.4 is 11.0 Å². The third kappa shape index (κ3) is 4.73. The summed E-state index contributed by atoms with van der Waals surface area (Å²) in [7, 11) is 0. The van der Waals surface area contributed by atoms with Gasteiger partial charge in [0.05, 0.1) is 17.5 Å². The van der Waals surface area contributed by atoms with Crippen molar-refractivity contribution in [1.29, 1.82) is 5.26 Å². The molecule has 0 radical (unpaired) electrons. The summed E-state index contributed by atoms with van der Waals surface area (Å²) in [6.07, 6.45) is -3.17. The second-order valence-electron chi connectivity index (χ2n) is 8.66. The van der Waals surface area contributed by atoms with Crippen molar-refractivity contribution in [2.45, 2.75) is 13.1 Å². The zero-order valence-electron chi connectivity index (χ0n) is 20.3. The number of nitriles is 1. The Morgan fingerprint density at radius 1 is 1.00 bits per heavy atom. The third-order valence-electron chi connectivity index (χ3n) is 6.25. The minimum absolute atomic E-state index is 0.0194. The van der Waals surface area contributed by atoms with E-state index in [0.29, 0.717) is 4.68 Å². The molecule has 0 aliphatic heterocycles. The van der Waals surface area contributed by atoms with Crippen molar-refractivity contribution in [3.8, 4) is 11.8 Å². The van der Waals surface area contributed by atoms with Gasteiger partial charge in [-0.2, -0.15) is 33.3 Å². The highest BCUT2D eigenvalue weighted by atomic mass is 19.4. The SMILES string of the molecule is Cc1c(C(=O)N/N=C/c2c3ccccc3cc3ccccc23)nn(-c2cccc(C(F)(F)F)c2)c(=O)c1C#N. The first kappa shape index (κ1) is 25.4. The summed E-state index contributed by atoms with van der Waals surface area (Å²) < 4.78 is 40.3. The van der Waals surface area contributed by atoms with Crippen LogP contribution >= 0.6 is 0 Å². The largest absolute Gasteiger partial charge is 0.416 e. The molecule has 0 bridgehead atoms. The minimum atomic E-state index is -4.66. The standard InChI is InChI=1S/C29H18F3N5O2/c1-17-24(15-33)28(39)37(21-10-6-9-20(14-21)29(30,31)32)36-26(17)27(38)35-34-16-25-22-11-4-2-7-18(22)13-19-8-3-5-12-23(19)25/h2-14,16H,1H3,(H,35,38)/b34-16+. The van der Waals surface area contributed by atoms with E-state index in [1.165, 1.54) is 19.2 Å². The maximum atomic E-state index is 13.2. The predicted molar refractivity (Wildman–Crippen MR) is 141 cm³/mol. The monoisotopic (exact) mass is 525 g/mol. The summed E-state index contributed by atoms with van der Waals surface area (Å²) >= 11 is 0. The van der Waals surface area contributed by atoms with Gasteiger partial charge < -0.3 is 0 Å². The molecule has 0 spiro atoms. The molecule has 1 N–H and O–H groups in total. The Morgan fingerprint density at radius 3 is 2.26 bits per heavy atom. The van der Waals surface area contributed by atoms with Crippen molar-refractivity contribution in [1.82, 2.24) is 15.2 Å². The zero-order valence-corrected chi connectivity index (χ0v) is 20.3. The summed E-state index contributed by atoms with van der Waals surface area (Å²) in [5.74, 6) is -0.842. The van der Waals surface area contributed by atoms with Gasteiger partial charge in [0.2, 0.25) is 0 Å². The highest BCUT2D eigenvalue weighted by Gasteiger charge is 2.31. The molecule has 0 unspecified atom stereocenters. The van der Waals surface area contributed by atoms with Gasteiger partial charge in [-0.1, -0.05) is 54.6 Å². The van der Waals surface area contributed by atoms with Gasteiger partial charge in [0, 0.05) is 11.1 Å². The normalized spacial score (nSPS) is 11.7. The van der Waals surface area contributed by atoms with Crippen molar-refractivity contribution in [3.05, 3.63) is 117 Å². The average Bonchev–Trinajstić information content (AvgIpc) is 2.92. The Labute approximate surface area is 219 Å². The molecule has 5 rings (SSSR count). The van der Waals surface area contributed by atoms with Crippen LogP contribution in [0.15, 0.2) is 88.8 Å². The molecule has 1 aromatic heterocycles. The molecule has 192 valence electrons. The molecular formula is C29H18F3N5O2. The Morgan fingerprint density at radius 2 is 1.64 bits per heavy atom. The van der Waals surface area contributed by atoms with Crippen molar-refractivity contribution < 1.29 is 18.0 Å². The average molecular weight is 525 g/mol. The fourth-order valence-corrected chi connectivity index (χ4v) is 4.34. The van der Waals surface area contributed by atoms with E-state index in [9.17, 15) is 28.0 Å². The molecule has 0 aliphatic rings. The van der Waals surface area contributed by atoms with Gasteiger partial charge in [0.1, 0.15) is 11.6 Å². The van der Waals surface area contributed by atoms with Crippen LogP contribution in [0.1, 0.15) is 32.7 Å². The first-order valence-corrected chi connectivity index (χ1v) is 11.6. The van der Waals surface area contributed by atoms with Crippen molar-refractivity contribution in [3.63, 3.8) is 0 Å². The zero-order chi connectivity index (χ0) is 27.7. The van der Waals surface area contributed by atoms with Crippen LogP contribution in [0.3, 0.4) is 0 Å². The molecule has 0 atom stereocenters. The molecule has 0 aliphatic carbocycles. The lowest BCUT2D eigenvalue weighted by Crippen LogP contribution is -2.31. The van der Waals surface area contributed by atoms with Crippen LogP contribution in [0.4, 0.5) is 13.2 Å². The first-order valence-electron chi connectivity index (χ1n) is 11.6. The number of rotatable bonds is 4.